The third-order valence-electron chi connectivity index (χ3n) is 3.00. The smallest absolute Gasteiger partial charge is 0.126 e. The van der Waals surface area contributed by atoms with E-state index in [-0.39, 0.29) is 0 Å². The van der Waals surface area contributed by atoms with Gasteiger partial charge in [0.15, 0.2) is 0 Å². The van der Waals surface area contributed by atoms with Gasteiger partial charge in [0.25, 0.3) is 0 Å². The average molecular weight is 270 g/mol. The van der Waals surface area contributed by atoms with E-state index in [0.717, 1.165) is 37.6 Å². The molecule has 4 heteroatoms. The molecule has 0 saturated carbocycles. The van der Waals surface area contributed by atoms with Crippen molar-refractivity contribution >= 4 is 5.82 Å². The van der Waals surface area contributed by atoms with Crippen LogP contribution in [0.1, 0.15) is 24.6 Å². The van der Waals surface area contributed by atoms with Gasteiger partial charge in [-0.05, 0) is 43.3 Å². The second-order valence-corrected chi connectivity index (χ2v) is 4.97. The number of nitrogens with one attached hydrogen (secondary N) is 1. The van der Waals surface area contributed by atoms with Crippen molar-refractivity contribution in [3.05, 3.63) is 54.0 Å². The fraction of sp³-hybridized carbons (Fsp3) is 0.375. The van der Waals surface area contributed by atoms with Crippen LogP contribution >= 0.6 is 0 Å². The topological polar surface area (TPSA) is 41.0 Å². The number of anilines is 1. The molecule has 2 heterocycles. The normalized spacial score (nSPS) is 10.8. The molecular formula is C16H22N4. The Kier molecular flexibility index (Phi) is 5.50. The lowest BCUT2D eigenvalue weighted by Gasteiger charge is -2.16. The Morgan fingerprint density at radius 1 is 1.10 bits per heavy atom. The Labute approximate surface area is 120 Å². The Morgan fingerprint density at radius 3 is 2.65 bits per heavy atom. The summed E-state index contributed by atoms with van der Waals surface area (Å²) in [4.78, 5) is 10.9. The monoisotopic (exact) mass is 270 g/mol. The Bertz CT molecular complexity index is 513. The van der Waals surface area contributed by atoms with Crippen LogP contribution in [0, 0.1) is 0 Å². The van der Waals surface area contributed by atoms with Crippen LogP contribution in [0.25, 0.3) is 0 Å². The molecule has 0 aliphatic heterocycles. The first-order valence-electron chi connectivity index (χ1n) is 7.05. The first-order chi connectivity index (χ1) is 9.78. The van der Waals surface area contributed by atoms with Crippen LogP contribution in [-0.2, 0) is 13.1 Å². The average Bonchev–Trinajstić information content (AvgIpc) is 2.46. The summed E-state index contributed by atoms with van der Waals surface area (Å²) in [6.07, 6.45) is 4.77. The molecule has 0 saturated heterocycles. The summed E-state index contributed by atoms with van der Waals surface area (Å²) in [5.74, 6) is 0.960. The van der Waals surface area contributed by atoms with E-state index in [1.54, 1.807) is 0 Å². The summed E-state index contributed by atoms with van der Waals surface area (Å²) < 4.78 is 0. The van der Waals surface area contributed by atoms with Crippen LogP contribution in [0.3, 0.4) is 0 Å². The summed E-state index contributed by atoms with van der Waals surface area (Å²) in [6.45, 7) is 4.85. The zero-order valence-electron chi connectivity index (χ0n) is 12.2. The van der Waals surface area contributed by atoms with E-state index >= 15 is 0 Å². The summed E-state index contributed by atoms with van der Waals surface area (Å²) in [7, 11) is 2.11. The fourth-order valence-corrected chi connectivity index (χ4v) is 2.05. The van der Waals surface area contributed by atoms with Crippen LogP contribution in [0.15, 0.2) is 42.7 Å². The van der Waals surface area contributed by atoms with Crippen LogP contribution in [0.2, 0.25) is 0 Å². The number of aromatic nitrogens is 2. The van der Waals surface area contributed by atoms with Gasteiger partial charge in [0, 0.05) is 32.0 Å². The second-order valence-electron chi connectivity index (χ2n) is 4.97. The van der Waals surface area contributed by atoms with E-state index < -0.39 is 0 Å². The Hall–Kier alpha value is -1.94. The maximum atomic E-state index is 4.63. The molecule has 2 aromatic rings. The quantitative estimate of drug-likeness (QED) is 0.840. The summed E-state index contributed by atoms with van der Waals surface area (Å²) >= 11 is 0. The minimum absolute atomic E-state index is 0.837. The van der Waals surface area contributed by atoms with Gasteiger partial charge in [0.2, 0.25) is 0 Å². The lowest BCUT2D eigenvalue weighted by Crippen LogP contribution is -2.18. The summed E-state index contributed by atoms with van der Waals surface area (Å²) in [5, 5.41) is 3.32. The third kappa shape index (κ3) is 4.63. The van der Waals surface area contributed by atoms with Crippen LogP contribution in [-0.4, -0.2) is 28.5 Å². The third-order valence-corrected chi connectivity index (χ3v) is 3.00. The van der Waals surface area contributed by atoms with Gasteiger partial charge >= 0.3 is 0 Å². The van der Waals surface area contributed by atoms with Gasteiger partial charge in [-0.3, -0.25) is 9.88 Å². The van der Waals surface area contributed by atoms with Gasteiger partial charge in [-0.25, -0.2) is 4.98 Å². The van der Waals surface area contributed by atoms with Gasteiger partial charge in [-0.15, -0.1) is 0 Å². The van der Waals surface area contributed by atoms with Crippen LogP contribution < -0.4 is 5.32 Å². The summed E-state index contributed by atoms with van der Waals surface area (Å²) in [5.41, 5.74) is 2.35. The highest BCUT2D eigenvalue weighted by Gasteiger charge is 2.03. The lowest BCUT2D eigenvalue weighted by molar-refractivity contribution is 0.315. The molecule has 0 atom stereocenters. The fourth-order valence-electron chi connectivity index (χ4n) is 2.05. The van der Waals surface area contributed by atoms with E-state index in [1.807, 2.05) is 30.6 Å². The van der Waals surface area contributed by atoms with Crippen LogP contribution in [0.5, 0.6) is 0 Å². The maximum absolute atomic E-state index is 4.63. The second kappa shape index (κ2) is 7.60. The molecule has 0 radical (unpaired) electrons. The van der Waals surface area contributed by atoms with Crippen molar-refractivity contribution < 1.29 is 0 Å². The highest BCUT2D eigenvalue weighted by molar-refractivity contribution is 5.35. The van der Waals surface area contributed by atoms with Crippen molar-refractivity contribution in [3.8, 4) is 0 Å². The van der Waals surface area contributed by atoms with Gasteiger partial charge in [-0.2, -0.15) is 0 Å². The molecule has 0 spiro atoms. The molecule has 0 aliphatic rings. The lowest BCUT2D eigenvalue weighted by atomic mass is 10.2. The van der Waals surface area contributed by atoms with Gasteiger partial charge in [0.05, 0.1) is 5.69 Å². The molecule has 0 fully saturated rings. The molecule has 20 heavy (non-hydrogen) atoms. The van der Waals surface area contributed by atoms with Gasteiger partial charge in [0.1, 0.15) is 5.82 Å². The predicted molar refractivity (Wildman–Crippen MR) is 82.4 cm³/mol. The zero-order valence-corrected chi connectivity index (χ0v) is 12.2. The standard InChI is InChI=1S/C16H22N4/c1-3-9-18-16-6-4-5-15(19-16)13-20(2)12-14-7-10-17-11-8-14/h4-8,10-11H,3,9,12-13H2,1-2H3,(H,18,19). The first kappa shape index (κ1) is 14.5. The number of pyridine rings is 2. The minimum Gasteiger partial charge on any atom is -0.370 e. The summed E-state index contributed by atoms with van der Waals surface area (Å²) in [6, 6.07) is 10.2. The highest BCUT2D eigenvalue weighted by Crippen LogP contribution is 2.09. The Morgan fingerprint density at radius 2 is 1.90 bits per heavy atom. The number of hydrogen-bond donors (Lipinski definition) is 1. The van der Waals surface area contributed by atoms with Crippen molar-refractivity contribution in [3.63, 3.8) is 0 Å². The van der Waals surface area contributed by atoms with E-state index in [2.05, 4.69) is 46.3 Å². The molecular weight excluding hydrogens is 248 g/mol. The molecule has 0 unspecified atom stereocenters. The molecule has 0 aliphatic carbocycles. The largest absolute Gasteiger partial charge is 0.370 e. The Balaban J connectivity index is 1.92. The molecule has 1 N–H and O–H groups in total. The van der Waals surface area contributed by atoms with Gasteiger partial charge in [-0.1, -0.05) is 13.0 Å². The predicted octanol–water partition coefficient (Wildman–Crippen LogP) is 2.93. The van der Waals surface area contributed by atoms with Crippen LogP contribution in [0.4, 0.5) is 5.82 Å². The van der Waals surface area contributed by atoms with Crippen molar-refractivity contribution in [1.29, 1.82) is 0 Å². The molecule has 0 bridgehead atoms. The first-order valence-corrected chi connectivity index (χ1v) is 7.05. The molecule has 2 rings (SSSR count). The van der Waals surface area contributed by atoms with E-state index in [0.29, 0.717) is 0 Å². The van der Waals surface area contributed by atoms with Crippen molar-refractivity contribution in [2.75, 3.05) is 18.9 Å². The minimum atomic E-state index is 0.837. The molecule has 106 valence electrons. The van der Waals surface area contributed by atoms with Gasteiger partial charge < -0.3 is 5.32 Å². The zero-order chi connectivity index (χ0) is 14.2. The number of hydrogen-bond acceptors (Lipinski definition) is 4. The van der Waals surface area contributed by atoms with E-state index in [4.69, 9.17) is 0 Å². The molecule has 4 nitrogen and oxygen atoms in total. The number of nitrogens with zero attached hydrogens (tertiary/aromatic N) is 3. The maximum Gasteiger partial charge on any atom is 0.126 e. The number of rotatable bonds is 7. The van der Waals surface area contributed by atoms with Crippen molar-refractivity contribution in [2.24, 2.45) is 0 Å². The molecule has 0 aromatic carbocycles. The van der Waals surface area contributed by atoms with E-state index in [9.17, 15) is 0 Å². The SMILES string of the molecule is CCCNc1cccc(CN(C)Cc2ccncc2)n1. The van der Waals surface area contributed by atoms with E-state index in [1.165, 1.54) is 5.56 Å². The molecule has 0 amide bonds. The van der Waals surface area contributed by atoms with Crippen molar-refractivity contribution in [2.45, 2.75) is 26.4 Å². The molecule has 2 aromatic heterocycles. The van der Waals surface area contributed by atoms with Crippen molar-refractivity contribution in [1.82, 2.24) is 14.9 Å². The highest BCUT2D eigenvalue weighted by atomic mass is 15.1.